The van der Waals surface area contributed by atoms with Crippen LogP contribution in [0.1, 0.15) is 70.9 Å². The van der Waals surface area contributed by atoms with E-state index in [-0.39, 0.29) is 11.2 Å². The van der Waals surface area contributed by atoms with E-state index in [1.165, 1.54) is 29.7 Å². The minimum Gasteiger partial charge on any atom is -0.225 e. The number of rotatable bonds is 6. The molecule has 2 heterocycles. The molecule has 3 unspecified atom stereocenters. The maximum atomic E-state index is 15.5. The van der Waals surface area contributed by atoms with E-state index in [0.717, 1.165) is 31.4 Å². The molecule has 0 spiro atoms. The van der Waals surface area contributed by atoms with Crippen LogP contribution in [0.4, 0.5) is 4.39 Å². The van der Waals surface area contributed by atoms with E-state index in [4.69, 9.17) is 0 Å². The molecule has 3 atom stereocenters. The van der Waals surface area contributed by atoms with E-state index in [1.807, 2.05) is 36.4 Å². The van der Waals surface area contributed by atoms with Gasteiger partial charge in [0.1, 0.15) is 12.4 Å². The molecule has 0 N–H and O–H groups in total. The van der Waals surface area contributed by atoms with Crippen LogP contribution in [0.25, 0.3) is 11.1 Å². The lowest BCUT2D eigenvalue weighted by Crippen LogP contribution is -2.54. The molecule has 2 heteroatoms. The first-order chi connectivity index (χ1) is 14.6. The van der Waals surface area contributed by atoms with Gasteiger partial charge in [-0.25, -0.2) is 8.97 Å². The molecular formula is C28H35FN+. The number of unbranched alkanes of at least 4 members (excludes halogenated alkanes) is 1. The summed E-state index contributed by atoms with van der Waals surface area (Å²) < 4.78 is 18.2. The summed E-state index contributed by atoms with van der Waals surface area (Å²) in [5.74, 6) is 0.449. The quantitative estimate of drug-likeness (QED) is 0.451. The third kappa shape index (κ3) is 3.35. The molecule has 0 aromatic heterocycles. The Hall–Kier alpha value is -2.22. The highest BCUT2D eigenvalue weighted by Crippen LogP contribution is 2.46. The average Bonchev–Trinajstić information content (AvgIpc) is 2.77. The minimum absolute atomic E-state index is 0.00452. The Morgan fingerprint density at radius 3 is 2.50 bits per heavy atom. The maximum Gasteiger partial charge on any atom is 0.207 e. The van der Waals surface area contributed by atoms with Crippen molar-refractivity contribution < 1.29 is 8.97 Å². The lowest BCUT2D eigenvalue weighted by atomic mass is 9.63. The highest BCUT2D eigenvalue weighted by atomic mass is 19.1. The van der Waals surface area contributed by atoms with Gasteiger partial charge < -0.3 is 0 Å². The number of hydrogen-bond donors (Lipinski definition) is 0. The molecule has 30 heavy (non-hydrogen) atoms. The summed E-state index contributed by atoms with van der Waals surface area (Å²) >= 11 is 0. The van der Waals surface area contributed by atoms with Crippen molar-refractivity contribution in [1.29, 1.82) is 0 Å². The summed E-state index contributed by atoms with van der Waals surface area (Å²) in [5, 5.41) is 0. The van der Waals surface area contributed by atoms with Crippen LogP contribution in [0.2, 0.25) is 0 Å². The van der Waals surface area contributed by atoms with Crippen molar-refractivity contribution in [3.05, 3.63) is 71.6 Å². The smallest absolute Gasteiger partial charge is 0.207 e. The Morgan fingerprint density at radius 1 is 1.07 bits per heavy atom. The lowest BCUT2D eigenvalue weighted by Gasteiger charge is -2.44. The topological polar surface area (TPSA) is 3.01 Å². The Labute approximate surface area is 181 Å². The number of hydrogen-bond acceptors (Lipinski definition) is 0. The normalized spacial score (nSPS) is 25.2. The zero-order valence-electron chi connectivity index (χ0n) is 18.9. The fourth-order valence-electron chi connectivity index (χ4n) is 5.88. The molecular weight excluding hydrogens is 369 g/mol. The largest absolute Gasteiger partial charge is 0.225 e. The standard InChI is InChI=1S/C28H35FN/c1-5-8-16-28(7-3)24-18-25(29)22(21-12-10-9-11-13-21)17-23(24)26-15-14-20(4)19-30(26)27(28)6-2/h9-15,17-18,20,27H,5-8,16,19H2,1-4H3/q+1. The highest BCUT2D eigenvalue weighted by molar-refractivity contribution is 6.08. The fourth-order valence-corrected chi connectivity index (χ4v) is 5.88. The summed E-state index contributed by atoms with van der Waals surface area (Å²) in [6.45, 7) is 10.2. The lowest BCUT2D eigenvalue weighted by molar-refractivity contribution is -0.585. The molecule has 2 aromatic carbocycles. The molecule has 2 aromatic rings. The molecule has 0 saturated carbocycles. The second-order valence-corrected chi connectivity index (χ2v) is 9.15. The fraction of sp³-hybridized carbons (Fsp3) is 0.464. The first-order valence-corrected chi connectivity index (χ1v) is 11.8. The van der Waals surface area contributed by atoms with Crippen molar-refractivity contribution in [2.24, 2.45) is 5.92 Å². The summed E-state index contributed by atoms with van der Waals surface area (Å²) in [5.41, 5.74) is 5.42. The zero-order valence-corrected chi connectivity index (χ0v) is 18.9. The molecule has 0 amide bonds. The highest BCUT2D eigenvalue weighted by Gasteiger charge is 2.51. The van der Waals surface area contributed by atoms with Crippen molar-refractivity contribution >= 4 is 5.71 Å². The molecule has 0 fully saturated rings. The van der Waals surface area contributed by atoms with Gasteiger partial charge in [0.15, 0.2) is 6.04 Å². The predicted molar refractivity (Wildman–Crippen MR) is 125 cm³/mol. The summed E-state index contributed by atoms with van der Waals surface area (Å²) in [6.07, 6.45) is 10.2. The second-order valence-electron chi connectivity index (χ2n) is 9.15. The molecule has 4 rings (SSSR count). The second kappa shape index (κ2) is 8.49. The molecule has 2 aliphatic rings. The van der Waals surface area contributed by atoms with Crippen LogP contribution in [0.15, 0.2) is 54.6 Å². The molecule has 0 aliphatic carbocycles. The van der Waals surface area contributed by atoms with Gasteiger partial charge in [-0.2, -0.15) is 0 Å². The molecule has 1 nitrogen and oxygen atoms in total. The number of fused-ring (bicyclic) bond motifs is 2. The van der Waals surface area contributed by atoms with Gasteiger partial charge in [-0.15, -0.1) is 0 Å². The van der Waals surface area contributed by atoms with Crippen LogP contribution >= 0.6 is 0 Å². The summed E-state index contributed by atoms with van der Waals surface area (Å²) in [4.78, 5) is 0. The van der Waals surface area contributed by atoms with E-state index in [1.54, 1.807) is 0 Å². The van der Waals surface area contributed by atoms with E-state index >= 15 is 4.39 Å². The average molecular weight is 405 g/mol. The van der Waals surface area contributed by atoms with Crippen molar-refractivity contribution in [3.63, 3.8) is 0 Å². The van der Waals surface area contributed by atoms with Gasteiger partial charge in [-0.05, 0) is 36.1 Å². The van der Waals surface area contributed by atoms with Gasteiger partial charge in [0.05, 0.1) is 11.0 Å². The SMILES string of the molecule is CCCCC1(CC)c2cc(F)c(-c3ccccc3)cc2C2=[N+](CC(C)C=C2)C1CC. The Morgan fingerprint density at radius 2 is 1.83 bits per heavy atom. The van der Waals surface area contributed by atoms with Crippen LogP contribution in [0, 0.1) is 11.7 Å². The van der Waals surface area contributed by atoms with Crippen molar-refractivity contribution in [2.45, 2.75) is 71.3 Å². The Kier molecular flexibility index (Phi) is 5.95. The van der Waals surface area contributed by atoms with Gasteiger partial charge in [0.2, 0.25) is 5.71 Å². The zero-order chi connectivity index (χ0) is 21.3. The predicted octanol–water partition coefficient (Wildman–Crippen LogP) is 7.13. The van der Waals surface area contributed by atoms with Crippen LogP contribution in [-0.2, 0) is 5.41 Å². The van der Waals surface area contributed by atoms with Gasteiger partial charge in [-0.3, -0.25) is 0 Å². The number of nitrogens with zero attached hydrogens (tertiary/aromatic N) is 1. The van der Waals surface area contributed by atoms with Gasteiger partial charge >= 0.3 is 0 Å². The third-order valence-electron chi connectivity index (χ3n) is 7.39. The van der Waals surface area contributed by atoms with Gasteiger partial charge in [0.25, 0.3) is 0 Å². The van der Waals surface area contributed by atoms with Crippen LogP contribution in [-0.4, -0.2) is 22.9 Å². The van der Waals surface area contributed by atoms with E-state index < -0.39 is 0 Å². The molecule has 0 radical (unpaired) electrons. The molecule has 2 aliphatic heterocycles. The minimum atomic E-state index is -0.0914. The molecule has 0 bridgehead atoms. The molecule has 158 valence electrons. The molecule has 0 saturated heterocycles. The monoisotopic (exact) mass is 404 g/mol. The van der Waals surface area contributed by atoms with Crippen molar-refractivity contribution in [3.8, 4) is 11.1 Å². The summed E-state index contributed by atoms with van der Waals surface area (Å²) in [6, 6.07) is 14.4. The Bertz CT molecular complexity index is 972. The van der Waals surface area contributed by atoms with Crippen LogP contribution in [0.5, 0.6) is 0 Å². The van der Waals surface area contributed by atoms with Crippen molar-refractivity contribution in [1.82, 2.24) is 0 Å². The Balaban J connectivity index is 1.99. The van der Waals surface area contributed by atoms with Gasteiger partial charge in [-0.1, -0.05) is 76.9 Å². The third-order valence-corrected chi connectivity index (χ3v) is 7.39. The first kappa shape index (κ1) is 21.0. The number of halogens is 1. The van der Waals surface area contributed by atoms with Crippen LogP contribution < -0.4 is 0 Å². The van der Waals surface area contributed by atoms with Crippen molar-refractivity contribution in [2.75, 3.05) is 6.54 Å². The van der Waals surface area contributed by atoms with Gasteiger partial charge in [0, 0.05) is 24.0 Å². The van der Waals surface area contributed by atoms with E-state index in [9.17, 15) is 0 Å². The van der Waals surface area contributed by atoms with Crippen LogP contribution in [0.3, 0.4) is 0 Å². The number of benzene rings is 2. The summed E-state index contributed by atoms with van der Waals surface area (Å²) in [7, 11) is 0. The maximum absolute atomic E-state index is 15.5. The van der Waals surface area contributed by atoms with E-state index in [0.29, 0.717) is 17.5 Å². The number of allylic oxidation sites excluding steroid dienone is 1. The van der Waals surface area contributed by atoms with E-state index in [2.05, 4.69) is 50.5 Å². The first-order valence-electron chi connectivity index (χ1n) is 11.8.